The summed E-state index contributed by atoms with van der Waals surface area (Å²) in [4.78, 5) is 0. The molecule has 0 aliphatic heterocycles. The summed E-state index contributed by atoms with van der Waals surface area (Å²) in [5, 5.41) is 8.16. The summed E-state index contributed by atoms with van der Waals surface area (Å²) in [5.41, 5.74) is 4.12. The number of ether oxygens (including phenoxy) is 2. The van der Waals surface area contributed by atoms with Crippen LogP contribution in [0.2, 0.25) is 0 Å². The first-order valence-electron chi connectivity index (χ1n) is 6.99. The summed E-state index contributed by atoms with van der Waals surface area (Å²) in [5.74, 6) is 1.74. The second-order valence-corrected chi connectivity index (χ2v) is 4.95. The van der Waals surface area contributed by atoms with Crippen LogP contribution in [0.15, 0.2) is 46.6 Å². The summed E-state index contributed by atoms with van der Waals surface area (Å²) in [6.07, 6.45) is 3.44. The molecule has 0 N–H and O–H groups in total. The molecule has 2 rings (SSSR count). The van der Waals surface area contributed by atoms with Crippen molar-refractivity contribution in [1.29, 1.82) is 0 Å². The van der Waals surface area contributed by atoms with Crippen LogP contribution in [0, 0.1) is 13.8 Å². The molecule has 0 saturated heterocycles. The van der Waals surface area contributed by atoms with Gasteiger partial charge < -0.3 is 9.47 Å². The normalized spacial score (nSPS) is 11.3. The topological polar surface area (TPSA) is 43.2 Å². The number of hydrogen-bond acceptors (Lipinski definition) is 4. The standard InChI is InChI=1S/C18H20N2O2/c1-13-9-15(5-7-17(13)21-3)11-19-20-12-16-6-8-18(22-4)14(2)10-16/h5-12H,1-4H3. The van der Waals surface area contributed by atoms with Gasteiger partial charge in [-0.05, 0) is 72.5 Å². The highest BCUT2D eigenvalue weighted by molar-refractivity contribution is 5.83. The van der Waals surface area contributed by atoms with E-state index >= 15 is 0 Å². The van der Waals surface area contributed by atoms with Gasteiger partial charge in [0.15, 0.2) is 0 Å². The van der Waals surface area contributed by atoms with Crippen molar-refractivity contribution in [3.8, 4) is 11.5 Å². The zero-order chi connectivity index (χ0) is 15.9. The minimum Gasteiger partial charge on any atom is -0.496 e. The maximum atomic E-state index is 5.23. The van der Waals surface area contributed by atoms with Crippen LogP contribution in [-0.2, 0) is 0 Å². The summed E-state index contributed by atoms with van der Waals surface area (Å²) in [6, 6.07) is 11.8. The molecule has 2 aromatic rings. The van der Waals surface area contributed by atoms with Crippen molar-refractivity contribution in [2.24, 2.45) is 10.2 Å². The van der Waals surface area contributed by atoms with E-state index in [1.807, 2.05) is 50.2 Å². The third-order valence-electron chi connectivity index (χ3n) is 3.32. The highest BCUT2D eigenvalue weighted by Gasteiger charge is 1.98. The Morgan fingerprint density at radius 2 is 1.14 bits per heavy atom. The smallest absolute Gasteiger partial charge is 0.121 e. The molecule has 0 heterocycles. The van der Waals surface area contributed by atoms with E-state index in [9.17, 15) is 0 Å². The van der Waals surface area contributed by atoms with Crippen molar-refractivity contribution in [2.75, 3.05) is 14.2 Å². The van der Waals surface area contributed by atoms with E-state index in [2.05, 4.69) is 10.2 Å². The lowest BCUT2D eigenvalue weighted by molar-refractivity contribution is 0.411. The van der Waals surface area contributed by atoms with E-state index in [1.165, 1.54) is 0 Å². The van der Waals surface area contributed by atoms with Crippen LogP contribution >= 0.6 is 0 Å². The number of nitrogens with zero attached hydrogens (tertiary/aromatic N) is 2. The predicted octanol–water partition coefficient (Wildman–Crippen LogP) is 3.77. The molecule has 22 heavy (non-hydrogen) atoms. The highest BCUT2D eigenvalue weighted by Crippen LogP contribution is 2.18. The van der Waals surface area contributed by atoms with Crippen LogP contribution in [-0.4, -0.2) is 26.6 Å². The molecule has 2 aromatic carbocycles. The molecule has 0 unspecified atom stereocenters. The fourth-order valence-electron chi connectivity index (χ4n) is 2.16. The SMILES string of the molecule is COc1ccc(C=NN=Cc2ccc(OC)c(C)c2)cc1C. The maximum Gasteiger partial charge on any atom is 0.121 e. The van der Waals surface area contributed by atoms with Gasteiger partial charge in [-0.3, -0.25) is 0 Å². The first kappa shape index (κ1) is 15.8. The third-order valence-corrected chi connectivity index (χ3v) is 3.32. The number of aryl methyl sites for hydroxylation is 2. The van der Waals surface area contributed by atoms with E-state index in [1.54, 1.807) is 26.6 Å². The molecule has 0 aliphatic carbocycles. The Morgan fingerprint density at radius 3 is 1.45 bits per heavy atom. The molecule has 0 aromatic heterocycles. The molecule has 0 spiro atoms. The fourth-order valence-corrected chi connectivity index (χ4v) is 2.16. The van der Waals surface area contributed by atoms with Crippen LogP contribution in [0.3, 0.4) is 0 Å². The minimum atomic E-state index is 0.870. The van der Waals surface area contributed by atoms with E-state index in [0.717, 1.165) is 33.8 Å². The summed E-state index contributed by atoms with van der Waals surface area (Å²) in [6.45, 7) is 4.00. The van der Waals surface area contributed by atoms with Gasteiger partial charge >= 0.3 is 0 Å². The van der Waals surface area contributed by atoms with Gasteiger partial charge in [-0.1, -0.05) is 0 Å². The second kappa shape index (κ2) is 7.41. The van der Waals surface area contributed by atoms with Gasteiger partial charge in [-0.15, -0.1) is 0 Å². The Hall–Kier alpha value is -2.62. The molecule has 0 radical (unpaired) electrons. The van der Waals surface area contributed by atoms with E-state index in [4.69, 9.17) is 9.47 Å². The van der Waals surface area contributed by atoms with Crippen molar-refractivity contribution in [1.82, 2.24) is 0 Å². The summed E-state index contributed by atoms with van der Waals surface area (Å²) in [7, 11) is 3.33. The molecule has 114 valence electrons. The predicted molar refractivity (Wildman–Crippen MR) is 90.7 cm³/mol. The average molecular weight is 296 g/mol. The van der Waals surface area contributed by atoms with Gasteiger partial charge in [0.2, 0.25) is 0 Å². The quantitative estimate of drug-likeness (QED) is 0.622. The van der Waals surface area contributed by atoms with Crippen molar-refractivity contribution in [2.45, 2.75) is 13.8 Å². The van der Waals surface area contributed by atoms with Gasteiger partial charge in [-0.2, -0.15) is 10.2 Å². The summed E-state index contributed by atoms with van der Waals surface area (Å²) >= 11 is 0. The molecule has 0 bridgehead atoms. The van der Waals surface area contributed by atoms with Crippen molar-refractivity contribution >= 4 is 12.4 Å². The van der Waals surface area contributed by atoms with Crippen molar-refractivity contribution < 1.29 is 9.47 Å². The average Bonchev–Trinajstić information content (AvgIpc) is 2.52. The van der Waals surface area contributed by atoms with Crippen molar-refractivity contribution in [3.05, 3.63) is 58.7 Å². The Bertz CT molecular complexity index is 645. The molecule has 0 saturated carbocycles. The number of methoxy groups -OCH3 is 2. The zero-order valence-electron chi connectivity index (χ0n) is 13.3. The first-order valence-corrected chi connectivity index (χ1v) is 6.99. The Labute approximate surface area is 131 Å². The molecule has 4 heteroatoms. The van der Waals surface area contributed by atoms with Crippen LogP contribution in [0.4, 0.5) is 0 Å². The van der Waals surface area contributed by atoms with Gasteiger partial charge in [0.25, 0.3) is 0 Å². The third kappa shape index (κ3) is 3.95. The van der Waals surface area contributed by atoms with E-state index in [0.29, 0.717) is 0 Å². The van der Waals surface area contributed by atoms with E-state index in [-0.39, 0.29) is 0 Å². The second-order valence-electron chi connectivity index (χ2n) is 4.95. The maximum absolute atomic E-state index is 5.23. The van der Waals surface area contributed by atoms with Gasteiger partial charge in [0.1, 0.15) is 11.5 Å². The lowest BCUT2D eigenvalue weighted by Gasteiger charge is -2.04. The van der Waals surface area contributed by atoms with Gasteiger partial charge in [0, 0.05) is 0 Å². The van der Waals surface area contributed by atoms with Crippen LogP contribution < -0.4 is 9.47 Å². The largest absolute Gasteiger partial charge is 0.496 e. The molecule has 4 nitrogen and oxygen atoms in total. The molecule has 0 fully saturated rings. The number of rotatable bonds is 5. The Kier molecular flexibility index (Phi) is 5.31. The number of hydrogen-bond donors (Lipinski definition) is 0. The number of benzene rings is 2. The first-order chi connectivity index (χ1) is 10.6. The summed E-state index contributed by atoms with van der Waals surface area (Å²) < 4.78 is 10.5. The Balaban J connectivity index is 2.05. The molecular weight excluding hydrogens is 276 g/mol. The van der Waals surface area contributed by atoms with Gasteiger partial charge in [0.05, 0.1) is 26.6 Å². The lowest BCUT2D eigenvalue weighted by atomic mass is 10.1. The Morgan fingerprint density at radius 1 is 0.727 bits per heavy atom. The van der Waals surface area contributed by atoms with Crippen LogP contribution in [0.25, 0.3) is 0 Å². The molecule has 0 amide bonds. The fraction of sp³-hybridized carbons (Fsp3) is 0.222. The molecule has 0 aliphatic rings. The van der Waals surface area contributed by atoms with Crippen LogP contribution in [0.5, 0.6) is 11.5 Å². The molecule has 0 atom stereocenters. The monoisotopic (exact) mass is 296 g/mol. The minimum absolute atomic E-state index is 0.870. The highest BCUT2D eigenvalue weighted by atomic mass is 16.5. The van der Waals surface area contributed by atoms with Crippen LogP contribution in [0.1, 0.15) is 22.3 Å². The molecular formula is C18H20N2O2. The zero-order valence-corrected chi connectivity index (χ0v) is 13.3. The lowest BCUT2D eigenvalue weighted by Crippen LogP contribution is -1.90. The van der Waals surface area contributed by atoms with Gasteiger partial charge in [-0.25, -0.2) is 0 Å². The van der Waals surface area contributed by atoms with E-state index < -0.39 is 0 Å². The van der Waals surface area contributed by atoms with Crippen molar-refractivity contribution in [3.63, 3.8) is 0 Å².